The summed E-state index contributed by atoms with van der Waals surface area (Å²) in [5.41, 5.74) is -2.45. The van der Waals surface area contributed by atoms with Gasteiger partial charge in [-0.15, -0.1) is 0 Å². The van der Waals surface area contributed by atoms with Crippen molar-refractivity contribution in [3.05, 3.63) is 33.9 Å². The van der Waals surface area contributed by atoms with Crippen LogP contribution in [0.5, 0.6) is 0 Å². The highest BCUT2D eigenvalue weighted by Crippen LogP contribution is 2.34. The minimum Gasteiger partial charge on any atom is -0.451 e. The molecule has 3 N–H and O–H groups in total. The summed E-state index contributed by atoms with van der Waals surface area (Å²) in [6, 6.07) is 0.921. The molecule has 13 heteroatoms. The zero-order valence-corrected chi connectivity index (χ0v) is 14.0. The number of hydrogen-bond donors (Lipinski definition) is 3. The largest absolute Gasteiger partial charge is 0.451 e. The van der Waals surface area contributed by atoms with Crippen molar-refractivity contribution in [2.24, 2.45) is 0 Å². The summed E-state index contributed by atoms with van der Waals surface area (Å²) in [7, 11) is 1.26. The number of esters is 1. The molecule has 1 aromatic rings. The monoisotopic (exact) mass is 392 g/mol. The number of imide groups is 1. The van der Waals surface area contributed by atoms with Crippen LogP contribution in [0.1, 0.15) is 12.5 Å². The lowest BCUT2D eigenvalue weighted by molar-refractivity contribution is -0.384. The molecule has 0 spiro atoms. The van der Waals surface area contributed by atoms with Crippen LogP contribution < -0.4 is 16.0 Å². The molecule has 27 heavy (non-hydrogen) atoms. The van der Waals surface area contributed by atoms with Crippen molar-refractivity contribution in [2.75, 3.05) is 18.9 Å². The molecule has 0 bridgehead atoms. The van der Waals surface area contributed by atoms with Crippen molar-refractivity contribution in [1.29, 1.82) is 0 Å². The molecule has 0 aliphatic carbocycles. The lowest BCUT2D eigenvalue weighted by atomic mass is 10.1. The maximum Gasteiger partial charge on any atom is 0.416 e. The first-order valence-corrected chi connectivity index (χ1v) is 7.27. The predicted octanol–water partition coefficient (Wildman–Crippen LogP) is 1.41. The summed E-state index contributed by atoms with van der Waals surface area (Å²) in [5.74, 6) is -1.94. The molecule has 0 radical (unpaired) electrons. The van der Waals surface area contributed by atoms with E-state index in [4.69, 9.17) is 4.74 Å². The number of halogens is 3. The lowest BCUT2D eigenvalue weighted by Crippen LogP contribution is -2.43. The minimum atomic E-state index is -4.77. The van der Waals surface area contributed by atoms with Crippen molar-refractivity contribution in [2.45, 2.75) is 19.2 Å². The van der Waals surface area contributed by atoms with E-state index in [1.54, 1.807) is 0 Å². The highest BCUT2D eigenvalue weighted by atomic mass is 19.4. The molecule has 0 saturated heterocycles. The van der Waals surface area contributed by atoms with Crippen molar-refractivity contribution in [3.8, 4) is 0 Å². The van der Waals surface area contributed by atoms with E-state index in [1.807, 2.05) is 5.32 Å². The number of ether oxygens (including phenoxy) is 1. The third-order valence-corrected chi connectivity index (χ3v) is 3.09. The van der Waals surface area contributed by atoms with Crippen LogP contribution in [0.25, 0.3) is 0 Å². The Morgan fingerprint density at radius 3 is 2.44 bits per heavy atom. The molecule has 1 rings (SSSR count). The number of carbonyl (C=O) groups excluding carboxylic acids is 3. The average Bonchev–Trinajstić information content (AvgIpc) is 2.58. The van der Waals surface area contributed by atoms with Crippen LogP contribution in [0.2, 0.25) is 0 Å². The highest BCUT2D eigenvalue weighted by molar-refractivity contribution is 5.97. The van der Waals surface area contributed by atoms with Crippen LogP contribution in [0.4, 0.5) is 29.3 Å². The van der Waals surface area contributed by atoms with E-state index < -0.39 is 52.9 Å². The number of hydrogen-bond acceptors (Lipinski definition) is 7. The Hall–Kier alpha value is -3.38. The molecule has 1 aromatic carbocycles. The molecule has 10 nitrogen and oxygen atoms in total. The molecule has 0 unspecified atom stereocenters. The Kier molecular flexibility index (Phi) is 7.08. The van der Waals surface area contributed by atoms with Gasteiger partial charge in [0.05, 0.1) is 10.5 Å². The van der Waals surface area contributed by atoms with E-state index in [-0.39, 0.29) is 5.69 Å². The van der Waals surface area contributed by atoms with Gasteiger partial charge in [-0.25, -0.2) is 4.79 Å². The Balaban J connectivity index is 2.74. The number of nitrogens with one attached hydrogen (secondary N) is 3. The van der Waals surface area contributed by atoms with Gasteiger partial charge in [0.15, 0.2) is 6.10 Å². The molecular formula is C14H15F3N4O6. The summed E-state index contributed by atoms with van der Waals surface area (Å²) in [6.45, 7) is 0.514. The molecule has 0 saturated carbocycles. The summed E-state index contributed by atoms with van der Waals surface area (Å²) < 4.78 is 42.6. The number of nitro benzene ring substituents is 1. The number of anilines is 1. The van der Waals surface area contributed by atoms with E-state index in [0.717, 1.165) is 6.07 Å². The Morgan fingerprint density at radius 1 is 1.30 bits per heavy atom. The maximum absolute atomic E-state index is 12.6. The van der Waals surface area contributed by atoms with Crippen LogP contribution in [0, 0.1) is 10.1 Å². The number of nitro groups is 1. The fourth-order valence-corrected chi connectivity index (χ4v) is 1.74. The third kappa shape index (κ3) is 6.45. The third-order valence-electron chi connectivity index (χ3n) is 3.09. The molecular weight excluding hydrogens is 377 g/mol. The normalized spacial score (nSPS) is 11.9. The van der Waals surface area contributed by atoms with Gasteiger partial charge < -0.3 is 15.4 Å². The van der Waals surface area contributed by atoms with Gasteiger partial charge in [-0.05, 0) is 19.1 Å². The molecule has 3 amide bonds. The molecule has 0 heterocycles. The second-order valence-electron chi connectivity index (χ2n) is 5.04. The van der Waals surface area contributed by atoms with Gasteiger partial charge >= 0.3 is 18.2 Å². The predicted molar refractivity (Wildman–Crippen MR) is 84.7 cm³/mol. The number of urea groups is 1. The van der Waals surface area contributed by atoms with Crippen LogP contribution in [-0.2, 0) is 20.5 Å². The van der Waals surface area contributed by atoms with Gasteiger partial charge in [-0.2, -0.15) is 13.2 Å². The molecule has 1 atom stereocenters. The highest BCUT2D eigenvalue weighted by Gasteiger charge is 2.33. The van der Waals surface area contributed by atoms with Gasteiger partial charge in [-0.1, -0.05) is 0 Å². The van der Waals surface area contributed by atoms with E-state index in [9.17, 15) is 37.7 Å². The quantitative estimate of drug-likeness (QED) is 0.378. The number of benzene rings is 1. The van der Waals surface area contributed by atoms with Crippen molar-refractivity contribution >= 4 is 29.3 Å². The Bertz CT molecular complexity index is 753. The topological polar surface area (TPSA) is 140 Å². The van der Waals surface area contributed by atoms with Crippen LogP contribution in [-0.4, -0.2) is 42.5 Å². The zero-order valence-electron chi connectivity index (χ0n) is 14.0. The van der Waals surface area contributed by atoms with Gasteiger partial charge in [0, 0.05) is 13.1 Å². The Labute approximate surface area is 150 Å². The average molecular weight is 392 g/mol. The first-order chi connectivity index (χ1) is 12.5. The molecule has 0 aliphatic rings. The molecule has 0 aliphatic heterocycles. The van der Waals surface area contributed by atoms with E-state index in [0.29, 0.717) is 12.1 Å². The SMILES string of the molecule is CNC(=O)NC(=O)[C@@H](C)OC(=O)CNc1ccc(C(F)(F)F)cc1[N+](=O)[O-]. The zero-order chi connectivity index (χ0) is 20.8. The number of carbonyl (C=O) groups is 3. The van der Waals surface area contributed by atoms with Crippen LogP contribution in [0.3, 0.4) is 0 Å². The smallest absolute Gasteiger partial charge is 0.416 e. The Morgan fingerprint density at radius 2 is 1.93 bits per heavy atom. The first-order valence-electron chi connectivity index (χ1n) is 7.27. The van der Waals surface area contributed by atoms with Gasteiger partial charge in [-0.3, -0.25) is 25.0 Å². The van der Waals surface area contributed by atoms with E-state index in [1.165, 1.54) is 14.0 Å². The standard InChI is InChI=1S/C14H15F3N4O6/c1-7(12(23)20-13(24)18-2)27-11(22)6-19-9-4-3-8(14(15,16)17)5-10(9)21(25)26/h3-5,7,19H,6H2,1-2H3,(H2,18,20,23,24)/t7-/m1/s1. The molecule has 0 fully saturated rings. The lowest BCUT2D eigenvalue weighted by Gasteiger charge is -2.14. The summed E-state index contributed by atoms with van der Waals surface area (Å²) >= 11 is 0. The maximum atomic E-state index is 12.6. The summed E-state index contributed by atoms with van der Waals surface area (Å²) in [4.78, 5) is 44.1. The number of rotatable bonds is 6. The minimum absolute atomic E-state index is 0.326. The molecule has 0 aromatic heterocycles. The van der Waals surface area contributed by atoms with Gasteiger partial charge in [0.25, 0.3) is 11.6 Å². The summed E-state index contributed by atoms with van der Waals surface area (Å²) in [6.07, 6.45) is -6.12. The van der Waals surface area contributed by atoms with E-state index >= 15 is 0 Å². The number of alkyl halides is 3. The van der Waals surface area contributed by atoms with Crippen molar-refractivity contribution in [1.82, 2.24) is 10.6 Å². The van der Waals surface area contributed by atoms with Crippen molar-refractivity contribution in [3.63, 3.8) is 0 Å². The fraction of sp³-hybridized carbons (Fsp3) is 0.357. The molecule has 148 valence electrons. The van der Waals surface area contributed by atoms with Crippen LogP contribution in [0.15, 0.2) is 18.2 Å². The number of nitrogens with zero attached hydrogens (tertiary/aromatic N) is 1. The van der Waals surface area contributed by atoms with Crippen molar-refractivity contribution < 1.29 is 37.2 Å². The van der Waals surface area contributed by atoms with E-state index in [2.05, 4.69) is 10.6 Å². The summed E-state index contributed by atoms with van der Waals surface area (Å²) in [5, 5.41) is 17.2. The fourth-order valence-electron chi connectivity index (χ4n) is 1.74. The van der Waals surface area contributed by atoms with Gasteiger partial charge in [0.2, 0.25) is 0 Å². The first kappa shape index (κ1) is 21.7. The van der Waals surface area contributed by atoms with Gasteiger partial charge in [0.1, 0.15) is 12.2 Å². The van der Waals surface area contributed by atoms with Crippen LogP contribution >= 0.6 is 0 Å². The number of amides is 3. The second-order valence-corrected chi connectivity index (χ2v) is 5.04. The second kappa shape index (κ2) is 8.82.